The molecular weight excluding hydrogens is 414 g/mol. The molecule has 28 heavy (non-hydrogen) atoms. The van der Waals surface area contributed by atoms with Crippen molar-refractivity contribution in [3.05, 3.63) is 62.2 Å². The monoisotopic (exact) mass is 431 g/mol. The lowest BCUT2D eigenvalue weighted by Gasteiger charge is -2.34. The van der Waals surface area contributed by atoms with Gasteiger partial charge in [-0.3, -0.25) is 9.59 Å². The van der Waals surface area contributed by atoms with Crippen molar-refractivity contribution in [2.24, 2.45) is 0 Å². The molecule has 0 atom stereocenters. The van der Waals surface area contributed by atoms with Gasteiger partial charge >= 0.3 is 0 Å². The van der Waals surface area contributed by atoms with Gasteiger partial charge in [0.25, 0.3) is 11.8 Å². The standard InChI is InChI=1S/C20H18ClN3O2S2/c1-13-17(28-18(22-13)15-6-11-27-12-15)20(26)24-9-7-23(8-10-24)19(25)14-2-4-16(21)5-3-14/h2-6,11-12H,7-10H2,1H3. The van der Waals surface area contributed by atoms with E-state index in [0.29, 0.717) is 41.6 Å². The van der Waals surface area contributed by atoms with Gasteiger partial charge in [0.1, 0.15) is 9.88 Å². The average molecular weight is 432 g/mol. The molecule has 1 aliphatic rings. The molecular formula is C20H18ClN3O2S2. The summed E-state index contributed by atoms with van der Waals surface area (Å²) >= 11 is 8.94. The Balaban J connectivity index is 1.42. The first kappa shape index (κ1) is 19.1. The number of halogens is 1. The zero-order valence-corrected chi connectivity index (χ0v) is 17.6. The van der Waals surface area contributed by atoms with Gasteiger partial charge in [-0.15, -0.1) is 11.3 Å². The maximum Gasteiger partial charge on any atom is 0.265 e. The molecule has 0 aliphatic carbocycles. The summed E-state index contributed by atoms with van der Waals surface area (Å²) < 4.78 is 0. The van der Waals surface area contributed by atoms with Crippen molar-refractivity contribution >= 4 is 46.1 Å². The van der Waals surface area contributed by atoms with Crippen LogP contribution in [0.4, 0.5) is 0 Å². The van der Waals surface area contributed by atoms with E-state index >= 15 is 0 Å². The molecule has 0 saturated carbocycles. The molecule has 5 nitrogen and oxygen atoms in total. The van der Waals surface area contributed by atoms with Crippen LogP contribution in [0.5, 0.6) is 0 Å². The molecule has 0 radical (unpaired) electrons. The van der Waals surface area contributed by atoms with Crippen LogP contribution in [-0.2, 0) is 0 Å². The van der Waals surface area contributed by atoms with Crippen molar-refractivity contribution in [1.29, 1.82) is 0 Å². The fraction of sp³-hybridized carbons (Fsp3) is 0.250. The van der Waals surface area contributed by atoms with E-state index in [1.165, 1.54) is 11.3 Å². The summed E-state index contributed by atoms with van der Waals surface area (Å²) in [5, 5.41) is 5.52. The number of hydrogen-bond donors (Lipinski definition) is 0. The normalized spacial score (nSPS) is 14.4. The minimum Gasteiger partial charge on any atom is -0.335 e. The Kier molecular flexibility index (Phi) is 5.48. The predicted molar refractivity (Wildman–Crippen MR) is 113 cm³/mol. The first-order valence-electron chi connectivity index (χ1n) is 8.87. The molecule has 0 spiro atoms. The van der Waals surface area contributed by atoms with Crippen LogP contribution in [-0.4, -0.2) is 52.8 Å². The van der Waals surface area contributed by atoms with E-state index in [4.69, 9.17) is 11.6 Å². The summed E-state index contributed by atoms with van der Waals surface area (Å²) in [7, 11) is 0. The van der Waals surface area contributed by atoms with Crippen molar-refractivity contribution in [2.45, 2.75) is 6.92 Å². The summed E-state index contributed by atoms with van der Waals surface area (Å²) in [6, 6.07) is 8.90. The average Bonchev–Trinajstić information content (AvgIpc) is 3.37. The second-order valence-corrected chi connectivity index (χ2v) is 8.75. The predicted octanol–water partition coefficient (Wildman–Crippen LogP) is 4.43. The second-order valence-electron chi connectivity index (χ2n) is 6.54. The quantitative estimate of drug-likeness (QED) is 0.616. The summed E-state index contributed by atoms with van der Waals surface area (Å²) in [4.78, 5) is 34.4. The van der Waals surface area contributed by atoms with Gasteiger partial charge in [0.05, 0.1) is 5.69 Å². The molecule has 1 fully saturated rings. The third-order valence-electron chi connectivity index (χ3n) is 4.70. The zero-order valence-electron chi connectivity index (χ0n) is 15.2. The van der Waals surface area contributed by atoms with Gasteiger partial charge in [-0.2, -0.15) is 11.3 Å². The van der Waals surface area contributed by atoms with E-state index in [1.54, 1.807) is 40.5 Å². The van der Waals surface area contributed by atoms with Crippen LogP contribution in [0.1, 0.15) is 25.7 Å². The van der Waals surface area contributed by atoms with Gasteiger partial charge in [-0.25, -0.2) is 4.98 Å². The number of aromatic nitrogens is 1. The molecule has 144 valence electrons. The van der Waals surface area contributed by atoms with Crippen LogP contribution in [0, 0.1) is 6.92 Å². The van der Waals surface area contributed by atoms with E-state index in [0.717, 1.165) is 16.3 Å². The maximum absolute atomic E-state index is 13.0. The highest BCUT2D eigenvalue weighted by Crippen LogP contribution is 2.30. The summed E-state index contributed by atoms with van der Waals surface area (Å²) in [5.74, 6) is -0.0347. The third kappa shape index (κ3) is 3.83. The molecule has 1 saturated heterocycles. The number of aryl methyl sites for hydroxylation is 1. The van der Waals surface area contributed by atoms with E-state index in [2.05, 4.69) is 4.98 Å². The van der Waals surface area contributed by atoms with Crippen LogP contribution >= 0.6 is 34.3 Å². The van der Waals surface area contributed by atoms with Crippen molar-refractivity contribution in [3.8, 4) is 10.6 Å². The Bertz CT molecular complexity index is 991. The minimum absolute atomic E-state index is 0.00456. The van der Waals surface area contributed by atoms with Gasteiger partial charge in [0.15, 0.2) is 0 Å². The molecule has 8 heteroatoms. The molecule has 0 unspecified atom stereocenters. The van der Waals surface area contributed by atoms with Crippen LogP contribution < -0.4 is 0 Å². The lowest BCUT2D eigenvalue weighted by Crippen LogP contribution is -2.50. The molecule has 1 aromatic carbocycles. The van der Waals surface area contributed by atoms with Crippen LogP contribution in [0.2, 0.25) is 5.02 Å². The van der Waals surface area contributed by atoms with E-state index in [1.807, 2.05) is 28.7 Å². The van der Waals surface area contributed by atoms with Crippen LogP contribution in [0.15, 0.2) is 41.1 Å². The Morgan fingerprint density at radius 1 is 1.00 bits per heavy atom. The first-order chi connectivity index (χ1) is 13.5. The van der Waals surface area contributed by atoms with Gasteiger partial charge < -0.3 is 9.80 Å². The number of thiazole rings is 1. The number of carbonyl (C=O) groups is 2. The second kappa shape index (κ2) is 8.03. The molecule has 4 rings (SSSR count). The lowest BCUT2D eigenvalue weighted by atomic mass is 10.2. The SMILES string of the molecule is Cc1nc(-c2ccsc2)sc1C(=O)N1CCN(C(=O)c2ccc(Cl)cc2)CC1. The Morgan fingerprint density at radius 3 is 2.25 bits per heavy atom. The molecule has 3 heterocycles. The number of amides is 2. The fourth-order valence-corrected chi connectivity index (χ4v) is 5.01. The number of carbonyl (C=O) groups excluding carboxylic acids is 2. The Hall–Kier alpha value is -2.22. The molecule has 1 aliphatic heterocycles. The highest BCUT2D eigenvalue weighted by molar-refractivity contribution is 7.17. The molecule has 0 N–H and O–H groups in total. The largest absolute Gasteiger partial charge is 0.335 e. The highest BCUT2D eigenvalue weighted by atomic mass is 35.5. The highest BCUT2D eigenvalue weighted by Gasteiger charge is 2.28. The zero-order chi connectivity index (χ0) is 19.7. The van der Waals surface area contributed by atoms with Crippen molar-refractivity contribution in [2.75, 3.05) is 26.2 Å². The lowest BCUT2D eigenvalue weighted by molar-refractivity contribution is 0.0537. The first-order valence-corrected chi connectivity index (χ1v) is 11.0. The summed E-state index contributed by atoms with van der Waals surface area (Å²) in [6.07, 6.45) is 0. The summed E-state index contributed by atoms with van der Waals surface area (Å²) in [6.45, 7) is 3.94. The van der Waals surface area contributed by atoms with Crippen LogP contribution in [0.25, 0.3) is 10.6 Å². The van der Waals surface area contributed by atoms with Crippen molar-refractivity contribution in [1.82, 2.24) is 14.8 Å². The molecule has 0 bridgehead atoms. The smallest absolute Gasteiger partial charge is 0.265 e. The van der Waals surface area contributed by atoms with Crippen LogP contribution in [0.3, 0.4) is 0 Å². The van der Waals surface area contributed by atoms with E-state index in [-0.39, 0.29) is 11.8 Å². The van der Waals surface area contributed by atoms with Gasteiger partial charge in [0.2, 0.25) is 0 Å². The molecule has 2 amide bonds. The Morgan fingerprint density at radius 2 is 1.64 bits per heavy atom. The topological polar surface area (TPSA) is 53.5 Å². The van der Waals surface area contributed by atoms with E-state index in [9.17, 15) is 9.59 Å². The minimum atomic E-state index is -0.0301. The number of rotatable bonds is 3. The number of benzene rings is 1. The van der Waals surface area contributed by atoms with Crippen molar-refractivity contribution < 1.29 is 9.59 Å². The third-order valence-corrected chi connectivity index (χ3v) is 6.83. The number of piperazine rings is 1. The van der Waals surface area contributed by atoms with Crippen molar-refractivity contribution in [3.63, 3.8) is 0 Å². The number of thiophene rings is 1. The number of hydrogen-bond acceptors (Lipinski definition) is 5. The molecule has 3 aromatic rings. The summed E-state index contributed by atoms with van der Waals surface area (Å²) in [5.41, 5.74) is 2.43. The fourth-order valence-electron chi connectivity index (χ4n) is 3.14. The van der Waals surface area contributed by atoms with Gasteiger partial charge in [-0.05, 0) is 42.6 Å². The van der Waals surface area contributed by atoms with E-state index < -0.39 is 0 Å². The maximum atomic E-state index is 13.0. The van der Waals surface area contributed by atoms with Gasteiger partial charge in [-0.1, -0.05) is 11.6 Å². The number of nitrogens with zero attached hydrogens (tertiary/aromatic N) is 3. The Labute approximate surface area is 176 Å². The van der Waals surface area contributed by atoms with Gasteiger partial charge in [0, 0.05) is 47.7 Å². The molecule has 2 aromatic heterocycles.